The molecule has 1 heterocycles. The summed E-state index contributed by atoms with van der Waals surface area (Å²) in [6, 6.07) is 3.87. The van der Waals surface area contributed by atoms with Gasteiger partial charge in [-0.25, -0.2) is 4.79 Å². The highest BCUT2D eigenvalue weighted by molar-refractivity contribution is 5.95. The number of hydrogen-bond acceptors (Lipinski definition) is 3. The molecule has 2 N–H and O–H groups in total. The van der Waals surface area contributed by atoms with Gasteiger partial charge in [0.05, 0.1) is 19.0 Å². The highest BCUT2D eigenvalue weighted by Gasteiger charge is 2.18. The summed E-state index contributed by atoms with van der Waals surface area (Å²) in [4.78, 5) is 11.1. The number of hydrogen-bond donors (Lipinski definition) is 2. The smallest absolute Gasteiger partial charge is 0.339 e. The second-order valence-electron chi connectivity index (χ2n) is 4.13. The van der Waals surface area contributed by atoms with E-state index in [1.54, 1.807) is 7.11 Å². The fourth-order valence-electron chi connectivity index (χ4n) is 2.06. The van der Waals surface area contributed by atoms with E-state index in [9.17, 15) is 4.79 Å². The number of ether oxygens (including phenoxy) is 1. The zero-order chi connectivity index (χ0) is 13.3. The molecule has 0 saturated heterocycles. The van der Waals surface area contributed by atoms with E-state index in [4.69, 9.17) is 9.84 Å². The van der Waals surface area contributed by atoms with Crippen molar-refractivity contribution in [3.8, 4) is 17.0 Å². The second-order valence-corrected chi connectivity index (χ2v) is 4.13. The number of benzene rings is 1. The number of aromatic amines is 1. The van der Waals surface area contributed by atoms with Crippen molar-refractivity contribution in [3.63, 3.8) is 0 Å². The van der Waals surface area contributed by atoms with Crippen LogP contribution in [0, 0.1) is 13.8 Å². The van der Waals surface area contributed by atoms with E-state index >= 15 is 0 Å². The van der Waals surface area contributed by atoms with Gasteiger partial charge in [0.1, 0.15) is 11.3 Å². The minimum atomic E-state index is -1.01. The quantitative estimate of drug-likeness (QED) is 0.872. The fraction of sp³-hybridized carbons (Fsp3) is 0.231. The first-order valence-corrected chi connectivity index (χ1v) is 5.47. The molecule has 5 heteroatoms. The maximum atomic E-state index is 11.1. The average molecular weight is 246 g/mol. The molecule has 0 aliphatic carbocycles. The van der Waals surface area contributed by atoms with Crippen molar-refractivity contribution < 1.29 is 14.6 Å². The van der Waals surface area contributed by atoms with E-state index in [2.05, 4.69) is 10.2 Å². The van der Waals surface area contributed by atoms with E-state index in [1.807, 2.05) is 26.0 Å². The van der Waals surface area contributed by atoms with Crippen LogP contribution in [-0.2, 0) is 0 Å². The molecule has 1 aromatic carbocycles. The minimum absolute atomic E-state index is 0.137. The monoisotopic (exact) mass is 246 g/mol. The Hall–Kier alpha value is -2.30. The molecule has 0 aliphatic rings. The topological polar surface area (TPSA) is 75.2 Å². The normalized spacial score (nSPS) is 10.4. The number of aryl methyl sites for hydroxylation is 2. The van der Waals surface area contributed by atoms with Crippen LogP contribution in [-0.4, -0.2) is 28.4 Å². The zero-order valence-corrected chi connectivity index (χ0v) is 10.4. The van der Waals surface area contributed by atoms with E-state index in [-0.39, 0.29) is 5.56 Å². The van der Waals surface area contributed by atoms with Crippen molar-refractivity contribution in [2.45, 2.75) is 13.8 Å². The lowest BCUT2D eigenvalue weighted by Crippen LogP contribution is -1.99. The number of rotatable bonds is 3. The first kappa shape index (κ1) is 12.2. The average Bonchev–Trinajstić information content (AvgIpc) is 2.76. The van der Waals surface area contributed by atoms with Crippen LogP contribution in [0.15, 0.2) is 18.3 Å². The SMILES string of the molecule is COc1c(C)cc(C)cc1-c1[nH]ncc1C(=O)O. The van der Waals surface area contributed by atoms with Gasteiger partial charge in [-0.15, -0.1) is 0 Å². The molecular weight excluding hydrogens is 232 g/mol. The number of nitrogens with zero attached hydrogens (tertiary/aromatic N) is 1. The summed E-state index contributed by atoms with van der Waals surface area (Å²) in [6.07, 6.45) is 1.30. The number of carbonyl (C=O) groups is 1. The largest absolute Gasteiger partial charge is 0.496 e. The third-order valence-electron chi connectivity index (χ3n) is 2.76. The Morgan fingerprint density at radius 1 is 1.39 bits per heavy atom. The lowest BCUT2D eigenvalue weighted by Gasteiger charge is -2.12. The van der Waals surface area contributed by atoms with Crippen molar-refractivity contribution >= 4 is 5.97 Å². The minimum Gasteiger partial charge on any atom is -0.496 e. The zero-order valence-electron chi connectivity index (χ0n) is 10.4. The van der Waals surface area contributed by atoms with Crippen molar-refractivity contribution in [2.24, 2.45) is 0 Å². The Balaban J connectivity index is 2.70. The molecule has 0 fully saturated rings. The van der Waals surface area contributed by atoms with Gasteiger partial charge >= 0.3 is 5.97 Å². The van der Waals surface area contributed by atoms with E-state index < -0.39 is 5.97 Å². The van der Waals surface area contributed by atoms with Crippen LogP contribution in [0.25, 0.3) is 11.3 Å². The fourth-order valence-corrected chi connectivity index (χ4v) is 2.06. The first-order valence-electron chi connectivity index (χ1n) is 5.47. The summed E-state index contributed by atoms with van der Waals surface area (Å²) in [5, 5.41) is 15.6. The molecule has 2 rings (SSSR count). The Labute approximate surface area is 104 Å². The van der Waals surface area contributed by atoms with Crippen LogP contribution >= 0.6 is 0 Å². The highest BCUT2D eigenvalue weighted by Crippen LogP contribution is 2.34. The van der Waals surface area contributed by atoms with Gasteiger partial charge < -0.3 is 9.84 Å². The molecule has 0 aliphatic heterocycles. The van der Waals surface area contributed by atoms with Crippen molar-refractivity contribution in [2.75, 3.05) is 7.11 Å². The molecule has 0 atom stereocenters. The lowest BCUT2D eigenvalue weighted by atomic mass is 10.0. The molecule has 0 saturated carbocycles. The summed E-state index contributed by atoms with van der Waals surface area (Å²) in [5.74, 6) is -0.354. The number of carboxylic acid groups (broad SMARTS) is 1. The molecule has 1 aromatic heterocycles. The predicted octanol–water partition coefficient (Wildman–Crippen LogP) is 2.40. The number of aromatic nitrogens is 2. The molecule has 18 heavy (non-hydrogen) atoms. The van der Waals surface area contributed by atoms with Gasteiger partial charge in [0.2, 0.25) is 0 Å². The summed E-state index contributed by atoms with van der Waals surface area (Å²) in [7, 11) is 1.57. The van der Waals surface area contributed by atoms with Crippen molar-refractivity contribution in [1.29, 1.82) is 0 Å². The first-order chi connectivity index (χ1) is 8.54. The molecule has 0 unspecified atom stereocenters. The van der Waals surface area contributed by atoms with Crippen LogP contribution in [0.1, 0.15) is 21.5 Å². The molecular formula is C13H14N2O3. The van der Waals surface area contributed by atoms with Gasteiger partial charge in [-0.1, -0.05) is 6.07 Å². The summed E-state index contributed by atoms with van der Waals surface area (Å²) >= 11 is 0. The molecule has 94 valence electrons. The summed E-state index contributed by atoms with van der Waals surface area (Å²) < 4.78 is 5.35. The van der Waals surface area contributed by atoms with Crippen LogP contribution in [0.4, 0.5) is 0 Å². The molecule has 0 radical (unpaired) electrons. The summed E-state index contributed by atoms with van der Waals surface area (Å²) in [5.41, 5.74) is 3.31. The predicted molar refractivity (Wildman–Crippen MR) is 67.0 cm³/mol. The van der Waals surface area contributed by atoms with Gasteiger partial charge in [0.25, 0.3) is 0 Å². The van der Waals surface area contributed by atoms with Gasteiger partial charge in [-0.2, -0.15) is 5.10 Å². The van der Waals surface area contributed by atoms with Gasteiger partial charge in [0, 0.05) is 5.56 Å². The maximum absolute atomic E-state index is 11.1. The third kappa shape index (κ3) is 1.95. The van der Waals surface area contributed by atoms with Crippen LogP contribution in [0.2, 0.25) is 0 Å². The molecule has 2 aromatic rings. The van der Waals surface area contributed by atoms with Crippen LogP contribution < -0.4 is 4.74 Å². The Kier molecular flexibility index (Phi) is 3.06. The Morgan fingerprint density at radius 3 is 2.72 bits per heavy atom. The van der Waals surface area contributed by atoms with E-state index in [1.165, 1.54) is 6.20 Å². The molecule has 0 amide bonds. The van der Waals surface area contributed by atoms with Gasteiger partial charge in [-0.3, -0.25) is 5.10 Å². The molecule has 0 spiro atoms. The summed E-state index contributed by atoms with van der Waals surface area (Å²) in [6.45, 7) is 3.87. The van der Waals surface area contributed by atoms with Crippen LogP contribution in [0.3, 0.4) is 0 Å². The Morgan fingerprint density at radius 2 is 2.11 bits per heavy atom. The van der Waals surface area contributed by atoms with Crippen molar-refractivity contribution in [1.82, 2.24) is 10.2 Å². The second kappa shape index (κ2) is 4.52. The van der Waals surface area contributed by atoms with E-state index in [0.717, 1.165) is 11.1 Å². The third-order valence-corrected chi connectivity index (χ3v) is 2.76. The van der Waals surface area contributed by atoms with Gasteiger partial charge in [-0.05, 0) is 31.0 Å². The number of methoxy groups -OCH3 is 1. The number of H-pyrrole nitrogens is 1. The maximum Gasteiger partial charge on any atom is 0.339 e. The van der Waals surface area contributed by atoms with Crippen molar-refractivity contribution in [3.05, 3.63) is 35.0 Å². The van der Waals surface area contributed by atoms with Crippen LogP contribution in [0.5, 0.6) is 5.75 Å². The molecule has 0 bridgehead atoms. The number of carboxylic acids is 1. The highest BCUT2D eigenvalue weighted by atomic mass is 16.5. The lowest BCUT2D eigenvalue weighted by molar-refractivity contribution is 0.0698. The van der Waals surface area contributed by atoms with E-state index in [0.29, 0.717) is 17.0 Å². The molecule has 5 nitrogen and oxygen atoms in total. The van der Waals surface area contributed by atoms with Gasteiger partial charge in [0.15, 0.2) is 0 Å². The number of aromatic carboxylic acids is 1. The standard InChI is InChI=1S/C13H14N2O3/c1-7-4-8(2)12(18-3)9(5-7)11-10(13(16)17)6-14-15-11/h4-6H,1-3H3,(H,14,15)(H,16,17). The number of nitrogens with one attached hydrogen (secondary N) is 1. The Bertz CT molecular complexity index is 602.